The molecule has 0 rings (SSSR count). The molecule has 2 unspecified atom stereocenters. The van der Waals surface area contributed by atoms with Crippen LogP contribution in [-0.2, 0) is 0 Å². The van der Waals surface area contributed by atoms with Crippen LogP contribution in [-0.4, -0.2) is 13.6 Å². The Labute approximate surface area is 135 Å². The Morgan fingerprint density at radius 3 is 1.52 bits per heavy atom. The lowest BCUT2D eigenvalue weighted by Crippen LogP contribution is -2.47. The highest BCUT2D eigenvalue weighted by molar-refractivity contribution is 4.97. The van der Waals surface area contributed by atoms with Gasteiger partial charge in [0.1, 0.15) is 0 Å². The average molecular weight is 298 g/mol. The second-order valence-corrected chi connectivity index (χ2v) is 7.81. The Kier molecular flexibility index (Phi) is 9.16. The molecule has 1 heteroatoms. The Hall–Kier alpha value is -0.0400. The van der Waals surface area contributed by atoms with E-state index in [1.165, 1.54) is 32.1 Å². The molecule has 0 aliphatic carbocycles. The predicted octanol–water partition coefficient (Wildman–Crippen LogP) is 6.14. The van der Waals surface area contributed by atoms with E-state index in [1.807, 2.05) is 0 Å². The molecule has 0 bridgehead atoms. The van der Waals surface area contributed by atoms with Gasteiger partial charge in [-0.25, -0.2) is 0 Å². The molecule has 0 amide bonds. The highest BCUT2D eigenvalue weighted by atomic mass is 14.8. The van der Waals surface area contributed by atoms with Crippen LogP contribution in [0.15, 0.2) is 0 Å². The van der Waals surface area contributed by atoms with Gasteiger partial charge >= 0.3 is 0 Å². The van der Waals surface area contributed by atoms with E-state index >= 15 is 0 Å². The molecule has 1 nitrogen and oxygen atoms in total. The molecule has 0 aromatic carbocycles. The lowest BCUT2D eigenvalue weighted by atomic mass is 9.51. The Morgan fingerprint density at radius 1 is 0.762 bits per heavy atom. The number of hydrogen-bond donors (Lipinski definition) is 1. The molecule has 0 spiro atoms. The average Bonchev–Trinajstić information content (AvgIpc) is 2.44. The smallest absolute Gasteiger partial charge is 0.00464 e. The minimum atomic E-state index is 0.466. The molecule has 0 saturated heterocycles. The molecule has 0 aliphatic rings. The summed E-state index contributed by atoms with van der Waals surface area (Å²) in [5, 5.41) is 3.41. The van der Waals surface area contributed by atoms with Crippen molar-refractivity contribution in [2.24, 2.45) is 28.6 Å². The second kappa shape index (κ2) is 9.18. The second-order valence-electron chi connectivity index (χ2n) is 7.81. The minimum absolute atomic E-state index is 0.466. The molecule has 0 aromatic heterocycles. The maximum atomic E-state index is 3.41. The van der Waals surface area contributed by atoms with Crippen LogP contribution in [0.3, 0.4) is 0 Å². The zero-order valence-electron chi connectivity index (χ0n) is 16.5. The largest absolute Gasteiger partial charge is 0.320 e. The summed E-state index contributed by atoms with van der Waals surface area (Å²) in [5.41, 5.74) is 0.946. The molecule has 0 heterocycles. The molecule has 1 N–H and O–H groups in total. The standard InChI is InChI=1S/C20H43N/c1-10-13-20(17(6)7,14-15-21-9)18(8)19(11-2,12-3)16(4)5/h16-18,21H,10-15H2,1-9H3. The quantitative estimate of drug-likeness (QED) is 0.483. The first-order valence-electron chi connectivity index (χ1n) is 9.43. The summed E-state index contributed by atoms with van der Waals surface area (Å²) in [5.74, 6) is 2.28. The fraction of sp³-hybridized carbons (Fsp3) is 1.00. The van der Waals surface area contributed by atoms with Crippen molar-refractivity contribution < 1.29 is 0 Å². The summed E-state index contributed by atoms with van der Waals surface area (Å²) in [4.78, 5) is 0. The van der Waals surface area contributed by atoms with Crippen molar-refractivity contribution in [1.82, 2.24) is 5.32 Å². The molecule has 0 radical (unpaired) electrons. The van der Waals surface area contributed by atoms with Crippen LogP contribution in [0, 0.1) is 28.6 Å². The molecule has 21 heavy (non-hydrogen) atoms. The summed E-state index contributed by atoms with van der Waals surface area (Å²) < 4.78 is 0. The minimum Gasteiger partial charge on any atom is -0.320 e. The summed E-state index contributed by atoms with van der Waals surface area (Å²) in [6.07, 6.45) is 6.58. The zero-order valence-corrected chi connectivity index (χ0v) is 16.5. The van der Waals surface area contributed by atoms with Gasteiger partial charge in [-0.2, -0.15) is 0 Å². The van der Waals surface area contributed by atoms with Gasteiger partial charge < -0.3 is 5.32 Å². The molecule has 0 saturated carbocycles. The van der Waals surface area contributed by atoms with Crippen molar-refractivity contribution in [3.8, 4) is 0 Å². The summed E-state index contributed by atoms with van der Waals surface area (Å²) in [7, 11) is 2.09. The fourth-order valence-corrected chi connectivity index (χ4v) is 5.21. The first kappa shape index (κ1) is 21.0. The van der Waals surface area contributed by atoms with E-state index in [9.17, 15) is 0 Å². The van der Waals surface area contributed by atoms with Crippen molar-refractivity contribution in [3.05, 3.63) is 0 Å². The Bertz CT molecular complexity index is 265. The van der Waals surface area contributed by atoms with Crippen molar-refractivity contribution in [2.45, 2.75) is 87.5 Å². The Morgan fingerprint density at radius 2 is 1.24 bits per heavy atom. The summed E-state index contributed by atoms with van der Waals surface area (Å²) in [6, 6.07) is 0. The number of hydrogen-bond acceptors (Lipinski definition) is 1. The van der Waals surface area contributed by atoms with Gasteiger partial charge in [0, 0.05) is 0 Å². The van der Waals surface area contributed by atoms with E-state index in [1.54, 1.807) is 0 Å². The van der Waals surface area contributed by atoms with E-state index in [0.717, 1.165) is 24.3 Å². The van der Waals surface area contributed by atoms with Crippen LogP contribution < -0.4 is 5.32 Å². The maximum absolute atomic E-state index is 3.41. The molecule has 128 valence electrons. The van der Waals surface area contributed by atoms with E-state index in [-0.39, 0.29) is 0 Å². The Balaban J connectivity index is 5.75. The molecule has 2 atom stereocenters. The van der Waals surface area contributed by atoms with E-state index in [4.69, 9.17) is 0 Å². The molecule has 0 fully saturated rings. The molecule has 0 aromatic rings. The van der Waals surface area contributed by atoms with Crippen LogP contribution in [0.2, 0.25) is 0 Å². The topological polar surface area (TPSA) is 12.0 Å². The zero-order chi connectivity index (χ0) is 16.7. The van der Waals surface area contributed by atoms with Gasteiger partial charge in [0.25, 0.3) is 0 Å². The van der Waals surface area contributed by atoms with E-state index in [2.05, 4.69) is 67.8 Å². The van der Waals surface area contributed by atoms with Gasteiger partial charge in [-0.15, -0.1) is 0 Å². The van der Waals surface area contributed by atoms with E-state index in [0.29, 0.717) is 10.8 Å². The molecular formula is C20H43N. The van der Waals surface area contributed by atoms with Crippen LogP contribution in [0.25, 0.3) is 0 Å². The van der Waals surface area contributed by atoms with Crippen molar-refractivity contribution in [3.63, 3.8) is 0 Å². The fourth-order valence-electron chi connectivity index (χ4n) is 5.21. The third-order valence-electron chi connectivity index (χ3n) is 6.90. The van der Waals surface area contributed by atoms with E-state index < -0.39 is 0 Å². The summed E-state index contributed by atoms with van der Waals surface area (Å²) in [6.45, 7) is 20.7. The highest BCUT2D eigenvalue weighted by Crippen LogP contribution is 2.56. The van der Waals surface area contributed by atoms with Crippen LogP contribution in [0.1, 0.15) is 87.5 Å². The van der Waals surface area contributed by atoms with Gasteiger partial charge in [0.05, 0.1) is 0 Å². The van der Waals surface area contributed by atoms with Crippen molar-refractivity contribution in [2.75, 3.05) is 13.6 Å². The van der Waals surface area contributed by atoms with Crippen molar-refractivity contribution in [1.29, 1.82) is 0 Å². The van der Waals surface area contributed by atoms with Crippen molar-refractivity contribution >= 4 is 0 Å². The van der Waals surface area contributed by atoms with Gasteiger partial charge in [0.2, 0.25) is 0 Å². The third kappa shape index (κ3) is 4.24. The lowest BCUT2D eigenvalue weighted by molar-refractivity contribution is -0.0487. The monoisotopic (exact) mass is 297 g/mol. The predicted molar refractivity (Wildman–Crippen MR) is 97.7 cm³/mol. The SMILES string of the molecule is CCCC(CCNC)(C(C)C)C(C)C(CC)(CC)C(C)C. The number of rotatable bonds is 11. The number of nitrogens with one attached hydrogen (secondary N) is 1. The van der Waals surface area contributed by atoms with Gasteiger partial charge in [-0.05, 0) is 67.9 Å². The normalized spacial score (nSPS) is 17.3. The maximum Gasteiger partial charge on any atom is -0.00464 e. The first-order chi connectivity index (χ1) is 9.78. The van der Waals surface area contributed by atoms with Crippen LogP contribution in [0.5, 0.6) is 0 Å². The third-order valence-corrected chi connectivity index (χ3v) is 6.90. The van der Waals surface area contributed by atoms with Crippen LogP contribution >= 0.6 is 0 Å². The van der Waals surface area contributed by atoms with Gasteiger partial charge in [-0.1, -0.05) is 61.8 Å². The highest BCUT2D eigenvalue weighted by Gasteiger charge is 2.48. The van der Waals surface area contributed by atoms with Crippen LogP contribution in [0.4, 0.5) is 0 Å². The molecular weight excluding hydrogens is 254 g/mol. The van der Waals surface area contributed by atoms with Gasteiger partial charge in [0.15, 0.2) is 0 Å². The lowest BCUT2D eigenvalue weighted by Gasteiger charge is -2.54. The molecule has 0 aliphatic heterocycles. The van der Waals surface area contributed by atoms with Gasteiger partial charge in [-0.3, -0.25) is 0 Å². The summed E-state index contributed by atoms with van der Waals surface area (Å²) >= 11 is 0. The first-order valence-corrected chi connectivity index (χ1v) is 9.43.